The normalized spacial score (nSPS) is 13.7. The van der Waals surface area contributed by atoms with Crippen LogP contribution < -0.4 is 5.32 Å². The lowest BCUT2D eigenvalue weighted by Crippen LogP contribution is -2.08. The third-order valence-electron chi connectivity index (χ3n) is 3.25. The minimum atomic E-state index is 0.719. The molecule has 2 heterocycles. The summed E-state index contributed by atoms with van der Waals surface area (Å²) in [5.74, 6) is 0. The van der Waals surface area contributed by atoms with Crippen molar-refractivity contribution in [3.05, 3.63) is 34.3 Å². The van der Waals surface area contributed by atoms with Gasteiger partial charge in [0.25, 0.3) is 0 Å². The van der Waals surface area contributed by atoms with Gasteiger partial charge in [0.05, 0.1) is 13.2 Å². The van der Waals surface area contributed by atoms with Crippen LogP contribution in [0.5, 0.6) is 0 Å². The molecule has 1 aliphatic rings. The summed E-state index contributed by atoms with van der Waals surface area (Å²) in [6, 6.07) is 6.44. The van der Waals surface area contributed by atoms with E-state index in [-0.39, 0.29) is 0 Å². The standard InChI is InChI=1S/C14H17N3OS/c1-15-6-2-3-13-16-17-14(19-13)10-4-5-11-8-18-9-12(11)7-10/h4-5,7,15H,2-3,6,8-9H2,1H3. The predicted octanol–water partition coefficient (Wildman–Crippen LogP) is 2.39. The molecule has 0 amide bonds. The van der Waals surface area contributed by atoms with Crippen molar-refractivity contribution in [2.45, 2.75) is 26.1 Å². The van der Waals surface area contributed by atoms with Crippen LogP contribution in [0.1, 0.15) is 22.6 Å². The highest BCUT2D eigenvalue weighted by Gasteiger charge is 2.13. The fourth-order valence-corrected chi connectivity index (χ4v) is 3.07. The molecule has 0 radical (unpaired) electrons. The Labute approximate surface area is 116 Å². The lowest BCUT2D eigenvalue weighted by Gasteiger charge is -1.99. The van der Waals surface area contributed by atoms with Crippen LogP contribution in [0.15, 0.2) is 18.2 Å². The van der Waals surface area contributed by atoms with E-state index in [1.807, 2.05) is 7.05 Å². The average molecular weight is 275 g/mol. The van der Waals surface area contributed by atoms with Gasteiger partial charge in [-0.3, -0.25) is 0 Å². The third kappa shape index (κ3) is 2.83. The molecule has 1 aromatic carbocycles. The zero-order chi connectivity index (χ0) is 13.1. The number of benzene rings is 1. The average Bonchev–Trinajstić information content (AvgIpc) is 3.06. The van der Waals surface area contributed by atoms with Crippen molar-refractivity contribution in [3.8, 4) is 10.6 Å². The molecular weight excluding hydrogens is 258 g/mol. The van der Waals surface area contributed by atoms with E-state index >= 15 is 0 Å². The van der Waals surface area contributed by atoms with Crippen LogP contribution in [0, 0.1) is 0 Å². The van der Waals surface area contributed by atoms with Gasteiger partial charge in [0.2, 0.25) is 0 Å². The Kier molecular flexibility index (Phi) is 3.87. The monoisotopic (exact) mass is 275 g/mol. The van der Waals surface area contributed by atoms with Gasteiger partial charge in [0, 0.05) is 12.0 Å². The summed E-state index contributed by atoms with van der Waals surface area (Å²) < 4.78 is 5.44. The van der Waals surface area contributed by atoms with E-state index in [0.29, 0.717) is 0 Å². The van der Waals surface area contributed by atoms with Crippen LogP contribution in [0.2, 0.25) is 0 Å². The maximum atomic E-state index is 5.44. The van der Waals surface area contributed by atoms with Gasteiger partial charge in [-0.1, -0.05) is 23.5 Å². The number of hydrogen-bond acceptors (Lipinski definition) is 5. The smallest absolute Gasteiger partial charge is 0.147 e. The molecule has 1 N–H and O–H groups in total. The van der Waals surface area contributed by atoms with Crippen LogP contribution in [0.25, 0.3) is 10.6 Å². The molecule has 0 bridgehead atoms. The lowest BCUT2D eigenvalue weighted by molar-refractivity contribution is 0.134. The maximum absolute atomic E-state index is 5.44. The number of aryl methyl sites for hydroxylation is 1. The molecule has 5 heteroatoms. The van der Waals surface area contributed by atoms with Crippen LogP contribution >= 0.6 is 11.3 Å². The second-order valence-electron chi connectivity index (χ2n) is 4.68. The Bertz CT molecular complexity index is 568. The molecule has 4 nitrogen and oxygen atoms in total. The van der Waals surface area contributed by atoms with E-state index in [9.17, 15) is 0 Å². The van der Waals surface area contributed by atoms with Crippen molar-refractivity contribution < 1.29 is 4.74 Å². The van der Waals surface area contributed by atoms with Crippen LogP contribution in [0.3, 0.4) is 0 Å². The molecule has 0 atom stereocenters. The Balaban J connectivity index is 1.75. The highest BCUT2D eigenvalue weighted by Crippen LogP contribution is 2.29. The van der Waals surface area contributed by atoms with E-state index in [4.69, 9.17) is 4.74 Å². The Hall–Kier alpha value is -1.30. The molecule has 1 aromatic heterocycles. The number of nitrogens with zero attached hydrogens (tertiary/aromatic N) is 2. The van der Waals surface area contributed by atoms with Crippen molar-refractivity contribution in [2.24, 2.45) is 0 Å². The summed E-state index contributed by atoms with van der Waals surface area (Å²) >= 11 is 1.69. The number of fused-ring (bicyclic) bond motifs is 1. The molecule has 0 saturated carbocycles. The van der Waals surface area contributed by atoms with Crippen molar-refractivity contribution in [1.29, 1.82) is 0 Å². The third-order valence-corrected chi connectivity index (χ3v) is 4.28. The Morgan fingerprint density at radius 2 is 2.16 bits per heavy atom. The first-order valence-electron chi connectivity index (χ1n) is 6.54. The minimum Gasteiger partial charge on any atom is -0.372 e. The second-order valence-corrected chi connectivity index (χ2v) is 5.75. The fourth-order valence-electron chi connectivity index (χ4n) is 2.19. The molecule has 100 valence electrons. The van der Waals surface area contributed by atoms with Crippen LogP contribution in [0.4, 0.5) is 0 Å². The molecule has 2 aromatic rings. The number of rotatable bonds is 5. The summed E-state index contributed by atoms with van der Waals surface area (Å²) in [4.78, 5) is 0. The van der Waals surface area contributed by atoms with Gasteiger partial charge < -0.3 is 10.1 Å². The zero-order valence-electron chi connectivity index (χ0n) is 11.0. The van der Waals surface area contributed by atoms with Crippen molar-refractivity contribution in [1.82, 2.24) is 15.5 Å². The van der Waals surface area contributed by atoms with Crippen LogP contribution in [-0.4, -0.2) is 23.8 Å². The summed E-state index contributed by atoms with van der Waals surface area (Å²) in [7, 11) is 1.97. The molecule has 0 unspecified atom stereocenters. The molecular formula is C14H17N3OS. The quantitative estimate of drug-likeness (QED) is 0.851. The minimum absolute atomic E-state index is 0.719. The van der Waals surface area contributed by atoms with Crippen molar-refractivity contribution >= 4 is 11.3 Å². The molecule has 0 spiro atoms. The van der Waals surface area contributed by atoms with E-state index in [2.05, 4.69) is 33.7 Å². The van der Waals surface area contributed by atoms with Gasteiger partial charge in [-0.2, -0.15) is 0 Å². The summed E-state index contributed by atoms with van der Waals surface area (Å²) in [6.07, 6.45) is 2.09. The van der Waals surface area contributed by atoms with E-state index in [1.54, 1.807) is 11.3 Å². The molecule has 3 rings (SSSR count). The zero-order valence-corrected chi connectivity index (χ0v) is 11.8. The largest absolute Gasteiger partial charge is 0.372 e. The molecule has 19 heavy (non-hydrogen) atoms. The molecule has 0 aliphatic carbocycles. The fraction of sp³-hybridized carbons (Fsp3) is 0.429. The maximum Gasteiger partial charge on any atom is 0.147 e. The number of nitrogens with one attached hydrogen (secondary N) is 1. The summed E-state index contributed by atoms with van der Waals surface area (Å²) in [6.45, 7) is 2.48. The number of aromatic nitrogens is 2. The number of hydrogen-bond donors (Lipinski definition) is 1. The van der Waals surface area contributed by atoms with Crippen molar-refractivity contribution in [3.63, 3.8) is 0 Å². The SMILES string of the molecule is CNCCCc1nnc(-c2ccc3c(c2)COC3)s1. The van der Waals surface area contributed by atoms with Gasteiger partial charge >= 0.3 is 0 Å². The molecule has 0 fully saturated rings. The second kappa shape index (κ2) is 5.77. The first kappa shape index (κ1) is 12.7. The molecule has 0 saturated heterocycles. The summed E-state index contributed by atoms with van der Waals surface area (Å²) in [5.41, 5.74) is 3.73. The summed E-state index contributed by atoms with van der Waals surface area (Å²) in [5, 5.41) is 13.8. The Morgan fingerprint density at radius 1 is 1.26 bits per heavy atom. The van der Waals surface area contributed by atoms with E-state index in [0.717, 1.165) is 48.2 Å². The Morgan fingerprint density at radius 3 is 3.05 bits per heavy atom. The predicted molar refractivity (Wildman–Crippen MR) is 76.1 cm³/mol. The topological polar surface area (TPSA) is 47.0 Å². The van der Waals surface area contributed by atoms with Gasteiger partial charge in [-0.15, -0.1) is 10.2 Å². The van der Waals surface area contributed by atoms with E-state index < -0.39 is 0 Å². The first-order valence-corrected chi connectivity index (χ1v) is 7.35. The van der Waals surface area contributed by atoms with Gasteiger partial charge in [0.1, 0.15) is 10.0 Å². The first-order chi connectivity index (χ1) is 9.36. The van der Waals surface area contributed by atoms with Crippen molar-refractivity contribution in [2.75, 3.05) is 13.6 Å². The van der Waals surface area contributed by atoms with Gasteiger partial charge in [-0.05, 0) is 37.2 Å². The van der Waals surface area contributed by atoms with Crippen LogP contribution in [-0.2, 0) is 24.4 Å². The highest BCUT2D eigenvalue weighted by atomic mass is 32.1. The van der Waals surface area contributed by atoms with E-state index in [1.165, 1.54) is 11.1 Å². The number of ether oxygens (including phenoxy) is 1. The highest BCUT2D eigenvalue weighted by molar-refractivity contribution is 7.14. The lowest BCUT2D eigenvalue weighted by atomic mass is 10.1. The van der Waals surface area contributed by atoms with Gasteiger partial charge in [0.15, 0.2) is 0 Å². The molecule has 1 aliphatic heterocycles. The van der Waals surface area contributed by atoms with Gasteiger partial charge in [-0.25, -0.2) is 0 Å².